The summed E-state index contributed by atoms with van der Waals surface area (Å²) in [6.45, 7) is 4.31. The molecule has 6 heteroatoms. The van der Waals surface area contributed by atoms with Gasteiger partial charge in [0.05, 0.1) is 5.69 Å². The van der Waals surface area contributed by atoms with Crippen LogP contribution in [0.1, 0.15) is 42.4 Å². The van der Waals surface area contributed by atoms with Gasteiger partial charge >= 0.3 is 0 Å². The molecule has 4 heterocycles. The second-order valence-electron chi connectivity index (χ2n) is 7.57. The molecule has 3 unspecified atom stereocenters. The number of halogens is 1. The van der Waals surface area contributed by atoms with Crippen molar-refractivity contribution in [1.29, 1.82) is 0 Å². The van der Waals surface area contributed by atoms with E-state index >= 15 is 0 Å². The third kappa shape index (κ3) is 3.17. The van der Waals surface area contributed by atoms with Crippen LogP contribution >= 0.6 is 23.4 Å². The number of aromatic nitrogens is 2. The third-order valence-electron chi connectivity index (χ3n) is 5.83. The molecule has 2 aromatic heterocycles. The summed E-state index contributed by atoms with van der Waals surface area (Å²) < 4.78 is 2.28. The van der Waals surface area contributed by atoms with E-state index in [9.17, 15) is 0 Å². The molecule has 148 valence electrons. The molecule has 0 spiro atoms. The van der Waals surface area contributed by atoms with Gasteiger partial charge in [0.15, 0.2) is 5.17 Å². The molecule has 0 N–H and O–H groups in total. The van der Waals surface area contributed by atoms with Crippen LogP contribution in [-0.4, -0.2) is 31.4 Å². The Balaban J connectivity index is 1.63. The van der Waals surface area contributed by atoms with Crippen molar-refractivity contribution >= 4 is 28.5 Å². The fourth-order valence-electron chi connectivity index (χ4n) is 4.32. The SMILES string of the molecule is CCC1CSC2=NC(c3ccccn3)C(c3cccn3-c3ccc(Cl)c(C)c3)N21. The number of nitrogens with zero attached hydrogens (tertiary/aromatic N) is 4. The molecule has 0 amide bonds. The number of aryl methyl sites for hydroxylation is 1. The maximum Gasteiger partial charge on any atom is 0.160 e. The fraction of sp³-hybridized carbons (Fsp3) is 0.304. The quantitative estimate of drug-likeness (QED) is 0.531. The molecule has 2 aliphatic rings. The predicted octanol–water partition coefficient (Wildman–Crippen LogP) is 5.81. The van der Waals surface area contributed by atoms with Crippen LogP contribution in [0.15, 0.2) is 65.9 Å². The average molecular weight is 423 g/mol. The Bertz CT molecular complexity index is 1060. The highest BCUT2D eigenvalue weighted by molar-refractivity contribution is 8.14. The fourth-order valence-corrected chi connectivity index (χ4v) is 5.78. The number of amidine groups is 1. The van der Waals surface area contributed by atoms with Crippen LogP contribution in [0, 0.1) is 6.92 Å². The molecule has 3 atom stereocenters. The van der Waals surface area contributed by atoms with Crippen LogP contribution in [0.3, 0.4) is 0 Å². The molecule has 2 aliphatic heterocycles. The number of fused-ring (bicyclic) bond motifs is 1. The summed E-state index contributed by atoms with van der Waals surface area (Å²) in [5.74, 6) is 1.10. The minimum atomic E-state index is -0.00454. The highest BCUT2D eigenvalue weighted by Gasteiger charge is 2.46. The summed E-state index contributed by atoms with van der Waals surface area (Å²) in [5.41, 5.74) is 4.47. The van der Waals surface area contributed by atoms with E-state index in [-0.39, 0.29) is 12.1 Å². The maximum absolute atomic E-state index is 6.28. The largest absolute Gasteiger partial charge is 0.337 e. The van der Waals surface area contributed by atoms with Gasteiger partial charge in [0, 0.05) is 40.6 Å². The summed E-state index contributed by atoms with van der Waals surface area (Å²) in [6, 6.07) is 17.3. The van der Waals surface area contributed by atoms with E-state index in [1.807, 2.05) is 37.0 Å². The standard InChI is InChI=1S/C23H23ClN4S/c1-3-16-14-29-23-26-21(19-7-4-5-11-25-19)22(28(16)23)20-8-6-12-27(20)17-9-10-18(24)15(2)13-17/h4-13,16,21-22H,3,14H2,1-2H3. The summed E-state index contributed by atoms with van der Waals surface area (Å²) in [4.78, 5) is 12.3. The predicted molar refractivity (Wildman–Crippen MR) is 121 cm³/mol. The first-order chi connectivity index (χ1) is 14.2. The number of thioether (sulfide) groups is 1. The molecule has 4 nitrogen and oxygen atoms in total. The van der Waals surface area contributed by atoms with Gasteiger partial charge in [-0.05, 0) is 61.4 Å². The van der Waals surface area contributed by atoms with Crippen LogP contribution in [0.4, 0.5) is 0 Å². The Morgan fingerprint density at radius 1 is 1.17 bits per heavy atom. The Morgan fingerprint density at radius 2 is 2.07 bits per heavy atom. The van der Waals surface area contributed by atoms with Gasteiger partial charge in [0.1, 0.15) is 12.1 Å². The van der Waals surface area contributed by atoms with Crippen LogP contribution < -0.4 is 0 Å². The molecule has 1 aromatic carbocycles. The van der Waals surface area contributed by atoms with E-state index in [2.05, 4.69) is 64.0 Å². The number of pyridine rings is 1. The van der Waals surface area contributed by atoms with Gasteiger partial charge in [-0.1, -0.05) is 36.4 Å². The summed E-state index contributed by atoms with van der Waals surface area (Å²) >= 11 is 8.15. The monoisotopic (exact) mass is 422 g/mol. The normalized spacial score (nSPS) is 23.3. The lowest BCUT2D eigenvalue weighted by Crippen LogP contribution is -2.36. The van der Waals surface area contributed by atoms with Crippen LogP contribution in [0.2, 0.25) is 5.02 Å². The Morgan fingerprint density at radius 3 is 2.83 bits per heavy atom. The Labute approximate surface area is 180 Å². The van der Waals surface area contributed by atoms with E-state index in [4.69, 9.17) is 16.6 Å². The highest BCUT2D eigenvalue weighted by atomic mass is 35.5. The summed E-state index contributed by atoms with van der Waals surface area (Å²) in [6.07, 6.45) is 5.11. The number of aliphatic imine (C=N–C) groups is 1. The molecule has 0 saturated carbocycles. The molecule has 0 aliphatic carbocycles. The van der Waals surface area contributed by atoms with Gasteiger partial charge in [-0.15, -0.1) is 0 Å². The van der Waals surface area contributed by atoms with Gasteiger partial charge in [-0.25, -0.2) is 0 Å². The molecular weight excluding hydrogens is 400 g/mol. The van der Waals surface area contributed by atoms with E-state index in [0.717, 1.165) is 39.3 Å². The van der Waals surface area contributed by atoms with E-state index in [1.165, 1.54) is 5.69 Å². The molecule has 0 radical (unpaired) electrons. The second-order valence-corrected chi connectivity index (χ2v) is 8.97. The third-order valence-corrected chi connectivity index (χ3v) is 7.38. The van der Waals surface area contributed by atoms with Crippen molar-refractivity contribution in [2.24, 2.45) is 4.99 Å². The van der Waals surface area contributed by atoms with Crippen LogP contribution in [0.25, 0.3) is 5.69 Å². The number of hydrogen-bond donors (Lipinski definition) is 0. The lowest BCUT2D eigenvalue weighted by atomic mass is 9.99. The van der Waals surface area contributed by atoms with Crippen molar-refractivity contribution in [2.75, 3.05) is 5.75 Å². The molecule has 29 heavy (non-hydrogen) atoms. The minimum Gasteiger partial charge on any atom is -0.337 e. The van der Waals surface area contributed by atoms with Crippen molar-refractivity contribution in [3.05, 3.63) is 82.9 Å². The lowest BCUT2D eigenvalue weighted by molar-refractivity contribution is 0.249. The zero-order chi connectivity index (χ0) is 20.0. The molecule has 1 saturated heterocycles. The second kappa shape index (κ2) is 7.54. The lowest BCUT2D eigenvalue weighted by Gasteiger charge is -2.32. The van der Waals surface area contributed by atoms with Crippen molar-refractivity contribution in [3.63, 3.8) is 0 Å². The van der Waals surface area contributed by atoms with E-state index in [1.54, 1.807) is 0 Å². The average Bonchev–Trinajstić information content (AvgIpc) is 3.45. The van der Waals surface area contributed by atoms with Gasteiger partial charge in [0.2, 0.25) is 0 Å². The number of hydrogen-bond acceptors (Lipinski definition) is 4. The molecule has 0 bridgehead atoms. The first kappa shape index (κ1) is 18.8. The van der Waals surface area contributed by atoms with Crippen molar-refractivity contribution < 1.29 is 0 Å². The smallest absolute Gasteiger partial charge is 0.160 e. The van der Waals surface area contributed by atoms with Crippen molar-refractivity contribution in [1.82, 2.24) is 14.5 Å². The first-order valence-corrected chi connectivity index (χ1v) is 11.4. The van der Waals surface area contributed by atoms with Gasteiger partial charge in [-0.3, -0.25) is 9.98 Å². The Kier molecular flexibility index (Phi) is 4.88. The first-order valence-electron chi connectivity index (χ1n) is 10.0. The van der Waals surface area contributed by atoms with Gasteiger partial charge in [-0.2, -0.15) is 0 Å². The maximum atomic E-state index is 6.28. The molecular formula is C23H23ClN4S. The van der Waals surface area contributed by atoms with Gasteiger partial charge < -0.3 is 9.47 Å². The van der Waals surface area contributed by atoms with Crippen LogP contribution in [0.5, 0.6) is 0 Å². The van der Waals surface area contributed by atoms with E-state index < -0.39 is 0 Å². The highest BCUT2D eigenvalue weighted by Crippen LogP contribution is 2.48. The molecule has 1 fully saturated rings. The number of rotatable bonds is 4. The summed E-state index contributed by atoms with van der Waals surface area (Å²) in [7, 11) is 0. The van der Waals surface area contributed by atoms with E-state index in [0.29, 0.717) is 6.04 Å². The van der Waals surface area contributed by atoms with Crippen molar-refractivity contribution in [3.8, 4) is 5.69 Å². The van der Waals surface area contributed by atoms with Gasteiger partial charge in [0.25, 0.3) is 0 Å². The molecule has 5 rings (SSSR count). The minimum absolute atomic E-state index is 0.00454. The zero-order valence-corrected chi connectivity index (χ0v) is 18.1. The zero-order valence-electron chi connectivity index (χ0n) is 16.5. The van der Waals surface area contributed by atoms with Crippen LogP contribution in [-0.2, 0) is 0 Å². The Hall–Kier alpha value is -2.24. The van der Waals surface area contributed by atoms with Crippen molar-refractivity contribution in [2.45, 2.75) is 38.4 Å². The topological polar surface area (TPSA) is 33.4 Å². The molecule has 3 aromatic rings. The number of benzene rings is 1. The summed E-state index contributed by atoms with van der Waals surface area (Å²) in [5, 5.41) is 1.94.